The van der Waals surface area contributed by atoms with Crippen LogP contribution >= 0.6 is 23.8 Å². The molecule has 1 aromatic rings. The molecular weight excluding hydrogens is 272 g/mol. The van der Waals surface area contributed by atoms with Crippen LogP contribution in [0, 0.1) is 0 Å². The summed E-state index contributed by atoms with van der Waals surface area (Å²) >= 11 is 10.7. The largest absolute Gasteiger partial charge is 0.461 e. The quantitative estimate of drug-likeness (QED) is 0.670. The van der Waals surface area contributed by atoms with E-state index in [9.17, 15) is 4.79 Å². The first-order valence-corrected chi connectivity index (χ1v) is 6.06. The number of anilines is 1. The fourth-order valence-corrected chi connectivity index (χ4v) is 1.90. The maximum atomic E-state index is 12.0. The third kappa shape index (κ3) is 2.80. The highest BCUT2D eigenvalue weighted by atomic mass is 35.5. The van der Waals surface area contributed by atoms with E-state index in [-0.39, 0.29) is 17.3 Å². The maximum Gasteiger partial charge on any atom is 0.329 e. The van der Waals surface area contributed by atoms with Gasteiger partial charge in [0.05, 0.1) is 6.54 Å². The predicted molar refractivity (Wildman–Crippen MR) is 74.8 cm³/mol. The van der Waals surface area contributed by atoms with Gasteiger partial charge in [0.15, 0.2) is 0 Å². The Bertz CT molecular complexity index is 489. The predicted octanol–water partition coefficient (Wildman–Crippen LogP) is 3.04. The molecule has 1 saturated heterocycles. The lowest BCUT2D eigenvalue weighted by Crippen LogP contribution is -2.35. The zero-order valence-electron chi connectivity index (χ0n) is 9.43. The van der Waals surface area contributed by atoms with Crippen molar-refractivity contribution in [2.75, 3.05) is 11.9 Å². The smallest absolute Gasteiger partial charge is 0.329 e. The van der Waals surface area contributed by atoms with Crippen molar-refractivity contribution in [1.82, 2.24) is 4.90 Å². The van der Waals surface area contributed by atoms with Crippen LogP contribution in [0.4, 0.5) is 10.5 Å². The molecule has 1 unspecified atom stereocenters. The Morgan fingerprint density at radius 2 is 2.22 bits per heavy atom. The van der Waals surface area contributed by atoms with E-state index in [0.717, 1.165) is 0 Å². The average molecular weight is 283 g/mol. The lowest BCUT2D eigenvalue weighted by molar-refractivity contribution is 0.236. The Kier molecular flexibility index (Phi) is 3.84. The molecule has 2 rings (SSSR count). The summed E-state index contributed by atoms with van der Waals surface area (Å²) in [5.41, 5.74) is 0.647. The molecule has 1 heterocycles. The van der Waals surface area contributed by atoms with Crippen LogP contribution in [0.1, 0.15) is 0 Å². The first kappa shape index (κ1) is 12.9. The first-order valence-electron chi connectivity index (χ1n) is 5.27. The summed E-state index contributed by atoms with van der Waals surface area (Å²) in [6.45, 7) is 3.98. The average Bonchev–Trinajstić information content (AvgIpc) is 2.73. The summed E-state index contributed by atoms with van der Waals surface area (Å²) in [6.07, 6.45) is 1.37. The number of thiocarbonyl (C=S) groups is 1. The summed E-state index contributed by atoms with van der Waals surface area (Å²) in [7, 11) is 0. The van der Waals surface area contributed by atoms with Gasteiger partial charge < -0.3 is 10.1 Å². The number of nitrogens with one attached hydrogen (secondary N) is 1. The van der Waals surface area contributed by atoms with Crippen molar-refractivity contribution in [3.8, 4) is 0 Å². The number of hydrogen-bond donors (Lipinski definition) is 1. The number of halogens is 1. The van der Waals surface area contributed by atoms with Crippen molar-refractivity contribution in [3.63, 3.8) is 0 Å². The number of carbonyl (C=O) groups is 1. The van der Waals surface area contributed by atoms with Crippen LogP contribution in [0.25, 0.3) is 0 Å². The molecule has 0 bridgehead atoms. The highest BCUT2D eigenvalue weighted by Gasteiger charge is 2.30. The van der Waals surface area contributed by atoms with E-state index in [4.69, 9.17) is 28.6 Å². The van der Waals surface area contributed by atoms with Crippen LogP contribution < -0.4 is 5.32 Å². The van der Waals surface area contributed by atoms with E-state index in [1.54, 1.807) is 30.3 Å². The second-order valence-corrected chi connectivity index (χ2v) is 4.49. The number of benzene rings is 1. The van der Waals surface area contributed by atoms with Crippen LogP contribution in [0.15, 0.2) is 36.9 Å². The lowest BCUT2D eigenvalue weighted by atomic mass is 10.3. The molecule has 1 fully saturated rings. The van der Waals surface area contributed by atoms with E-state index in [1.165, 1.54) is 4.90 Å². The fraction of sp³-hybridized carbons (Fsp3) is 0.167. The molecule has 1 atom stereocenters. The van der Waals surface area contributed by atoms with Crippen LogP contribution in [-0.2, 0) is 4.74 Å². The summed E-state index contributed by atoms with van der Waals surface area (Å²) in [5.74, 6) is 0. The number of hydrogen-bond acceptors (Lipinski definition) is 3. The second-order valence-electron chi connectivity index (χ2n) is 3.71. The molecule has 2 amide bonds. The maximum absolute atomic E-state index is 12.0. The fourth-order valence-electron chi connectivity index (χ4n) is 1.50. The van der Waals surface area contributed by atoms with Gasteiger partial charge in [0.1, 0.15) is 6.10 Å². The summed E-state index contributed by atoms with van der Waals surface area (Å²) in [6, 6.07) is 6.49. The lowest BCUT2D eigenvalue weighted by Gasteiger charge is -2.13. The van der Waals surface area contributed by atoms with Crippen LogP contribution in [0.2, 0.25) is 5.02 Å². The van der Waals surface area contributed by atoms with E-state index >= 15 is 0 Å². The highest BCUT2D eigenvalue weighted by molar-refractivity contribution is 7.80. The summed E-state index contributed by atoms with van der Waals surface area (Å²) in [5, 5.41) is 3.48. The summed E-state index contributed by atoms with van der Waals surface area (Å²) in [4.78, 5) is 13.3. The van der Waals surface area contributed by atoms with Crippen LogP contribution in [0.3, 0.4) is 0 Å². The Balaban J connectivity index is 2.02. The normalized spacial score (nSPS) is 18.4. The molecule has 1 aromatic carbocycles. The molecule has 6 heteroatoms. The molecule has 18 heavy (non-hydrogen) atoms. The molecule has 1 aliphatic rings. The number of nitrogens with zero attached hydrogens (tertiary/aromatic N) is 1. The van der Waals surface area contributed by atoms with Gasteiger partial charge in [-0.3, -0.25) is 4.90 Å². The van der Waals surface area contributed by atoms with E-state index in [1.807, 2.05) is 0 Å². The van der Waals surface area contributed by atoms with Gasteiger partial charge >= 0.3 is 6.03 Å². The zero-order chi connectivity index (χ0) is 13.1. The third-order valence-corrected chi connectivity index (χ3v) is 3.01. The Morgan fingerprint density at radius 1 is 1.56 bits per heavy atom. The van der Waals surface area contributed by atoms with Crippen molar-refractivity contribution >= 4 is 40.7 Å². The number of carbonyl (C=O) groups excluding carboxylic acids is 1. The second kappa shape index (κ2) is 5.37. The van der Waals surface area contributed by atoms with Gasteiger partial charge in [0, 0.05) is 10.7 Å². The zero-order valence-corrected chi connectivity index (χ0v) is 11.0. The minimum atomic E-state index is -0.327. The molecule has 0 spiro atoms. The first-order chi connectivity index (χ1) is 8.60. The molecule has 0 saturated carbocycles. The Morgan fingerprint density at radius 3 is 2.78 bits per heavy atom. The number of rotatable bonds is 2. The van der Waals surface area contributed by atoms with E-state index in [2.05, 4.69) is 11.9 Å². The van der Waals surface area contributed by atoms with Gasteiger partial charge in [0.2, 0.25) is 0 Å². The van der Waals surface area contributed by atoms with Crippen molar-refractivity contribution in [1.29, 1.82) is 0 Å². The minimum Gasteiger partial charge on any atom is -0.461 e. The molecule has 1 N–H and O–H groups in total. The van der Waals surface area contributed by atoms with Crippen molar-refractivity contribution in [2.45, 2.75) is 6.10 Å². The van der Waals surface area contributed by atoms with Gasteiger partial charge in [-0.05, 0) is 42.6 Å². The Labute approximate surface area is 115 Å². The van der Waals surface area contributed by atoms with Gasteiger partial charge in [0.25, 0.3) is 5.17 Å². The topological polar surface area (TPSA) is 41.6 Å². The molecule has 0 aromatic heterocycles. The number of ether oxygens (including phenoxy) is 1. The van der Waals surface area contributed by atoms with Crippen molar-refractivity contribution in [3.05, 3.63) is 41.9 Å². The van der Waals surface area contributed by atoms with E-state index in [0.29, 0.717) is 17.3 Å². The van der Waals surface area contributed by atoms with Gasteiger partial charge in [-0.2, -0.15) is 0 Å². The Hall–Kier alpha value is -1.59. The van der Waals surface area contributed by atoms with E-state index < -0.39 is 0 Å². The molecule has 4 nitrogen and oxygen atoms in total. The SMILES string of the molecule is C=CC1CN(C(=O)Nc2ccc(Cl)cc2)C(=S)O1. The number of amides is 2. The standard InChI is InChI=1S/C12H11ClN2O2S/c1-2-10-7-15(12(18)17-10)11(16)14-9-5-3-8(13)4-6-9/h2-6,10H,1,7H2,(H,14,16). The van der Waals surface area contributed by atoms with Gasteiger partial charge in [-0.1, -0.05) is 18.2 Å². The number of urea groups is 1. The third-order valence-electron chi connectivity index (χ3n) is 2.44. The van der Waals surface area contributed by atoms with Gasteiger partial charge in [-0.15, -0.1) is 0 Å². The monoisotopic (exact) mass is 282 g/mol. The molecule has 0 aliphatic carbocycles. The summed E-state index contributed by atoms with van der Waals surface area (Å²) < 4.78 is 5.26. The van der Waals surface area contributed by atoms with Crippen LogP contribution in [0.5, 0.6) is 0 Å². The van der Waals surface area contributed by atoms with Crippen molar-refractivity contribution in [2.24, 2.45) is 0 Å². The highest BCUT2D eigenvalue weighted by Crippen LogP contribution is 2.17. The minimum absolute atomic E-state index is 0.159. The molecule has 94 valence electrons. The van der Waals surface area contributed by atoms with Crippen LogP contribution in [-0.4, -0.2) is 28.8 Å². The molecular formula is C12H11ClN2O2S. The van der Waals surface area contributed by atoms with Crippen molar-refractivity contribution < 1.29 is 9.53 Å². The van der Waals surface area contributed by atoms with Gasteiger partial charge in [-0.25, -0.2) is 4.79 Å². The molecule has 0 radical (unpaired) electrons. The molecule has 1 aliphatic heterocycles.